The molecule has 1 rings (SSSR count). The number of carbonyl (C=O) groups excluding carboxylic acids is 2. The molecule has 21 heavy (non-hydrogen) atoms. The van der Waals surface area contributed by atoms with Crippen LogP contribution in [0.1, 0.15) is 20.8 Å². The van der Waals surface area contributed by atoms with Gasteiger partial charge in [-0.05, 0) is 38.1 Å². The molecule has 0 aromatic heterocycles. The Morgan fingerprint density at radius 3 is 2.19 bits per heavy atom. The van der Waals surface area contributed by atoms with E-state index in [-0.39, 0.29) is 11.8 Å². The summed E-state index contributed by atoms with van der Waals surface area (Å²) < 4.78 is 0. The van der Waals surface area contributed by atoms with Gasteiger partial charge >= 0.3 is 5.97 Å². The minimum atomic E-state index is -1.07. The molecule has 1 unspecified atom stereocenters. The largest absolute Gasteiger partial charge is 0.480 e. The van der Waals surface area contributed by atoms with Gasteiger partial charge < -0.3 is 15.7 Å². The van der Waals surface area contributed by atoms with Crippen LogP contribution in [0, 0.1) is 0 Å². The number of carboxylic acids is 1. The van der Waals surface area contributed by atoms with Crippen molar-refractivity contribution in [1.29, 1.82) is 0 Å². The lowest BCUT2D eigenvalue weighted by Crippen LogP contribution is -2.41. The number of nitrogens with one attached hydrogen (secondary N) is 2. The van der Waals surface area contributed by atoms with E-state index in [0.29, 0.717) is 5.69 Å². The lowest BCUT2D eigenvalue weighted by molar-refractivity contribution is -0.141. The average Bonchev–Trinajstić information content (AvgIpc) is 2.40. The van der Waals surface area contributed by atoms with Crippen LogP contribution in [0.25, 0.3) is 0 Å². The highest BCUT2D eigenvalue weighted by molar-refractivity contribution is 8.00. The first-order valence-electron chi connectivity index (χ1n) is 6.37. The molecule has 0 spiro atoms. The summed E-state index contributed by atoms with van der Waals surface area (Å²) in [6.45, 7) is 4.55. The molecule has 0 aliphatic rings. The molecule has 0 radical (unpaired) electrons. The molecule has 0 fully saturated rings. The molecule has 3 N–H and O–H groups in total. The SMILES string of the molecule is CC(=O)Nc1ccc(SC(C)C(=O)N[C@@H](C)C(=O)O)cc1. The number of benzene rings is 1. The Balaban J connectivity index is 2.57. The zero-order chi connectivity index (χ0) is 16.0. The smallest absolute Gasteiger partial charge is 0.325 e. The van der Waals surface area contributed by atoms with E-state index in [0.717, 1.165) is 4.90 Å². The molecule has 0 aliphatic heterocycles. The van der Waals surface area contributed by atoms with Crippen molar-refractivity contribution >= 4 is 35.2 Å². The highest BCUT2D eigenvalue weighted by Crippen LogP contribution is 2.24. The van der Waals surface area contributed by atoms with Gasteiger partial charge in [-0.3, -0.25) is 14.4 Å². The third-order valence-corrected chi connectivity index (χ3v) is 3.70. The number of hydrogen-bond donors (Lipinski definition) is 3. The maximum absolute atomic E-state index is 11.8. The average molecular weight is 310 g/mol. The van der Waals surface area contributed by atoms with E-state index in [9.17, 15) is 14.4 Å². The fraction of sp³-hybridized carbons (Fsp3) is 0.357. The number of amides is 2. The van der Waals surface area contributed by atoms with Crippen LogP contribution in [0.2, 0.25) is 0 Å². The van der Waals surface area contributed by atoms with E-state index >= 15 is 0 Å². The first-order chi connectivity index (χ1) is 9.79. The number of anilines is 1. The van der Waals surface area contributed by atoms with Crippen LogP contribution in [0.3, 0.4) is 0 Å². The Bertz CT molecular complexity index is 530. The number of aliphatic carboxylic acids is 1. The maximum atomic E-state index is 11.8. The first kappa shape index (κ1) is 17.0. The zero-order valence-electron chi connectivity index (χ0n) is 12.0. The Morgan fingerprint density at radius 1 is 1.14 bits per heavy atom. The van der Waals surface area contributed by atoms with Gasteiger partial charge in [0.25, 0.3) is 0 Å². The quantitative estimate of drug-likeness (QED) is 0.695. The Hall–Kier alpha value is -2.02. The molecular formula is C14H18N2O4S. The van der Waals surface area contributed by atoms with Crippen molar-refractivity contribution in [1.82, 2.24) is 5.32 Å². The predicted octanol–water partition coefficient (Wildman–Crippen LogP) is 1.71. The van der Waals surface area contributed by atoms with Gasteiger partial charge in [-0.2, -0.15) is 0 Å². The lowest BCUT2D eigenvalue weighted by atomic mass is 10.3. The summed E-state index contributed by atoms with van der Waals surface area (Å²) >= 11 is 1.32. The van der Waals surface area contributed by atoms with Crippen LogP contribution >= 0.6 is 11.8 Å². The summed E-state index contributed by atoms with van der Waals surface area (Å²) in [7, 11) is 0. The van der Waals surface area contributed by atoms with Gasteiger partial charge in [0.15, 0.2) is 0 Å². The third-order valence-electron chi connectivity index (χ3n) is 2.59. The molecule has 0 aliphatic carbocycles. The van der Waals surface area contributed by atoms with Crippen molar-refractivity contribution in [2.24, 2.45) is 0 Å². The van der Waals surface area contributed by atoms with E-state index in [4.69, 9.17) is 5.11 Å². The summed E-state index contributed by atoms with van der Waals surface area (Å²) in [5.41, 5.74) is 0.684. The molecule has 7 heteroatoms. The second-order valence-corrected chi connectivity index (χ2v) is 5.95. The summed E-state index contributed by atoms with van der Waals surface area (Å²) in [5, 5.41) is 13.4. The van der Waals surface area contributed by atoms with Crippen LogP contribution in [-0.2, 0) is 14.4 Å². The number of rotatable bonds is 6. The number of thioether (sulfide) groups is 1. The van der Waals surface area contributed by atoms with Gasteiger partial charge in [0.1, 0.15) is 6.04 Å². The summed E-state index contributed by atoms with van der Waals surface area (Å²) in [4.78, 5) is 34.3. The van der Waals surface area contributed by atoms with Gasteiger partial charge in [-0.1, -0.05) is 0 Å². The highest BCUT2D eigenvalue weighted by atomic mass is 32.2. The van der Waals surface area contributed by atoms with Crippen molar-refractivity contribution in [3.05, 3.63) is 24.3 Å². The van der Waals surface area contributed by atoms with Crippen LogP contribution in [0.4, 0.5) is 5.69 Å². The maximum Gasteiger partial charge on any atom is 0.325 e. The minimum Gasteiger partial charge on any atom is -0.480 e. The molecular weight excluding hydrogens is 292 g/mol. The van der Waals surface area contributed by atoms with Crippen LogP contribution in [-0.4, -0.2) is 34.2 Å². The lowest BCUT2D eigenvalue weighted by Gasteiger charge is -2.14. The molecule has 0 saturated carbocycles. The highest BCUT2D eigenvalue weighted by Gasteiger charge is 2.19. The summed E-state index contributed by atoms with van der Waals surface area (Å²) in [6, 6.07) is 6.16. The van der Waals surface area contributed by atoms with E-state index < -0.39 is 17.3 Å². The second-order valence-electron chi connectivity index (χ2n) is 4.53. The topological polar surface area (TPSA) is 95.5 Å². The molecule has 1 aromatic carbocycles. The van der Waals surface area contributed by atoms with Crippen molar-refractivity contribution in [2.75, 3.05) is 5.32 Å². The number of carbonyl (C=O) groups is 3. The Labute approximate surface area is 127 Å². The van der Waals surface area contributed by atoms with Crippen molar-refractivity contribution in [2.45, 2.75) is 37.0 Å². The third kappa shape index (κ3) is 5.86. The van der Waals surface area contributed by atoms with Gasteiger partial charge in [0.05, 0.1) is 5.25 Å². The summed E-state index contributed by atoms with van der Waals surface area (Å²) in [5.74, 6) is -1.55. The molecule has 114 valence electrons. The van der Waals surface area contributed by atoms with Crippen molar-refractivity contribution < 1.29 is 19.5 Å². The monoisotopic (exact) mass is 310 g/mol. The van der Waals surface area contributed by atoms with Gasteiger partial charge in [0.2, 0.25) is 11.8 Å². The van der Waals surface area contributed by atoms with Gasteiger partial charge in [-0.15, -0.1) is 11.8 Å². The molecule has 2 atom stereocenters. The zero-order valence-corrected chi connectivity index (χ0v) is 12.9. The fourth-order valence-corrected chi connectivity index (χ4v) is 2.35. The van der Waals surface area contributed by atoms with Crippen molar-refractivity contribution in [3.8, 4) is 0 Å². The Kier molecular flexibility index (Phi) is 6.23. The first-order valence-corrected chi connectivity index (χ1v) is 7.25. The predicted molar refractivity (Wildman–Crippen MR) is 81.3 cm³/mol. The van der Waals surface area contributed by atoms with E-state index in [1.54, 1.807) is 31.2 Å². The van der Waals surface area contributed by atoms with Gasteiger partial charge in [-0.25, -0.2) is 0 Å². The van der Waals surface area contributed by atoms with E-state index in [1.165, 1.54) is 25.6 Å². The summed E-state index contributed by atoms with van der Waals surface area (Å²) in [6.07, 6.45) is 0. The normalized spacial score (nSPS) is 13.1. The second kappa shape index (κ2) is 7.68. The molecule has 0 bridgehead atoms. The molecule has 1 aromatic rings. The van der Waals surface area contributed by atoms with Crippen molar-refractivity contribution in [3.63, 3.8) is 0 Å². The fourth-order valence-electron chi connectivity index (χ4n) is 1.47. The van der Waals surface area contributed by atoms with E-state index in [2.05, 4.69) is 10.6 Å². The van der Waals surface area contributed by atoms with Gasteiger partial charge in [0, 0.05) is 17.5 Å². The van der Waals surface area contributed by atoms with Crippen LogP contribution < -0.4 is 10.6 Å². The Morgan fingerprint density at radius 2 is 1.71 bits per heavy atom. The molecule has 0 saturated heterocycles. The van der Waals surface area contributed by atoms with E-state index in [1.807, 2.05) is 0 Å². The number of hydrogen-bond acceptors (Lipinski definition) is 4. The minimum absolute atomic E-state index is 0.147. The molecule has 0 heterocycles. The van der Waals surface area contributed by atoms with Crippen LogP contribution in [0.5, 0.6) is 0 Å². The molecule has 2 amide bonds. The molecule has 6 nitrogen and oxygen atoms in total. The van der Waals surface area contributed by atoms with Crippen LogP contribution in [0.15, 0.2) is 29.2 Å². The standard InChI is InChI=1S/C14H18N2O4S/c1-8(14(19)20)15-13(18)9(2)21-12-6-4-11(5-7-12)16-10(3)17/h4-9H,1-3H3,(H,15,18)(H,16,17)(H,19,20)/t8-,9?/m0/s1. The number of carboxylic acid groups (broad SMARTS) is 1.